The lowest BCUT2D eigenvalue weighted by Gasteiger charge is -2.27. The van der Waals surface area contributed by atoms with Crippen LogP contribution in [0.3, 0.4) is 0 Å². The molecule has 0 aromatic heterocycles. The van der Waals surface area contributed by atoms with Crippen molar-refractivity contribution >= 4 is 5.97 Å². The third kappa shape index (κ3) is 9.62. The molecule has 0 fully saturated rings. The summed E-state index contributed by atoms with van der Waals surface area (Å²) in [5, 5.41) is 9.17. The summed E-state index contributed by atoms with van der Waals surface area (Å²) in [6.45, 7) is -0.489. The van der Waals surface area contributed by atoms with Crippen LogP contribution in [0.25, 0.3) is 0 Å². The Morgan fingerprint density at radius 1 is 0.730 bits per heavy atom. The number of alkyl halides is 3. The number of rotatable bonds is 15. The molecule has 3 aromatic rings. The Kier molecular flexibility index (Phi) is 11.1. The maximum absolute atomic E-state index is 14.1. The van der Waals surface area contributed by atoms with Crippen LogP contribution in [0.5, 0.6) is 0 Å². The van der Waals surface area contributed by atoms with Crippen molar-refractivity contribution in [2.45, 2.75) is 44.4 Å². The maximum atomic E-state index is 14.1. The zero-order chi connectivity index (χ0) is 26.5. The summed E-state index contributed by atoms with van der Waals surface area (Å²) >= 11 is 0. The van der Waals surface area contributed by atoms with Crippen molar-refractivity contribution in [2.24, 2.45) is 0 Å². The third-order valence-electron chi connectivity index (χ3n) is 5.44. The molecule has 0 aliphatic heterocycles. The monoisotopic (exact) mass is 518 g/mol. The van der Waals surface area contributed by atoms with Crippen molar-refractivity contribution in [1.82, 2.24) is 0 Å². The van der Waals surface area contributed by atoms with E-state index in [0.717, 1.165) is 11.1 Å². The van der Waals surface area contributed by atoms with Crippen LogP contribution in [-0.2, 0) is 37.0 Å². The van der Waals surface area contributed by atoms with Gasteiger partial charge in [-0.25, -0.2) is 0 Å². The second kappa shape index (κ2) is 14.5. The van der Waals surface area contributed by atoms with Crippen LogP contribution >= 0.6 is 0 Å². The summed E-state index contributed by atoms with van der Waals surface area (Å²) in [5.41, 5.74) is 1.71. The minimum absolute atomic E-state index is 0.0455. The van der Waals surface area contributed by atoms with Crippen molar-refractivity contribution in [1.29, 1.82) is 0 Å². The van der Waals surface area contributed by atoms with Gasteiger partial charge in [-0.3, -0.25) is 4.79 Å². The lowest BCUT2D eigenvalue weighted by Crippen LogP contribution is -2.26. The minimum atomic E-state index is -4.74. The molecule has 0 aliphatic carbocycles. The molecule has 0 heterocycles. The average Bonchev–Trinajstić information content (AvgIpc) is 2.89. The van der Waals surface area contributed by atoms with E-state index in [1.54, 1.807) is 30.3 Å². The molecule has 0 amide bonds. The topological polar surface area (TPSA) is 74.2 Å². The van der Waals surface area contributed by atoms with Gasteiger partial charge >= 0.3 is 12.1 Å². The molecule has 0 spiro atoms. The smallest absolute Gasteiger partial charge is 0.418 e. The lowest BCUT2D eigenvalue weighted by atomic mass is 9.95. The van der Waals surface area contributed by atoms with Crippen LogP contribution in [0.15, 0.2) is 84.9 Å². The summed E-state index contributed by atoms with van der Waals surface area (Å²) in [6, 6.07) is 24.1. The highest BCUT2D eigenvalue weighted by atomic mass is 19.4. The first-order chi connectivity index (χ1) is 17.8. The van der Waals surface area contributed by atoms with Crippen LogP contribution in [0.2, 0.25) is 0 Å². The highest BCUT2D eigenvalue weighted by Gasteiger charge is 2.43. The fraction of sp³-hybridized carbons (Fsp3) is 0.321. The number of carboxylic acids is 1. The first kappa shape index (κ1) is 28.3. The van der Waals surface area contributed by atoms with E-state index in [1.807, 2.05) is 36.4 Å². The van der Waals surface area contributed by atoms with E-state index in [9.17, 15) is 18.0 Å². The molecule has 3 rings (SSSR count). The first-order valence-electron chi connectivity index (χ1n) is 11.7. The molecule has 9 heteroatoms. The molecule has 198 valence electrons. The quantitative estimate of drug-likeness (QED) is 0.181. The van der Waals surface area contributed by atoms with Gasteiger partial charge in [0.15, 0.2) is 6.10 Å². The van der Waals surface area contributed by atoms with Crippen LogP contribution in [0.1, 0.15) is 47.3 Å². The van der Waals surface area contributed by atoms with Crippen LogP contribution < -0.4 is 0 Å². The standard InChI is InChI=1S/C28H29F3O6/c29-28(30,31)27(37-20-35-18-22-11-5-2-6-12-22)24-14-8-7-13-23(24)25(15-16-26(32)33)36-19-34-17-21-9-3-1-4-10-21/h1-14,25,27H,15-20H2,(H,32,33). The largest absolute Gasteiger partial charge is 0.481 e. The average molecular weight is 519 g/mol. The zero-order valence-corrected chi connectivity index (χ0v) is 20.1. The summed E-state index contributed by atoms with van der Waals surface area (Å²) in [5.74, 6) is -1.09. The van der Waals surface area contributed by atoms with E-state index in [-0.39, 0.29) is 44.0 Å². The van der Waals surface area contributed by atoms with E-state index in [0.29, 0.717) is 0 Å². The third-order valence-corrected chi connectivity index (χ3v) is 5.44. The second-order valence-corrected chi connectivity index (χ2v) is 8.21. The normalized spacial score (nSPS) is 13.3. The molecule has 0 saturated heterocycles. The number of carboxylic acid groups (broad SMARTS) is 1. The van der Waals surface area contributed by atoms with Gasteiger partial charge in [0.2, 0.25) is 0 Å². The van der Waals surface area contributed by atoms with Crippen molar-refractivity contribution in [3.05, 3.63) is 107 Å². The number of benzene rings is 3. The number of hydrogen-bond acceptors (Lipinski definition) is 5. The molecule has 0 bridgehead atoms. The highest BCUT2D eigenvalue weighted by Crippen LogP contribution is 2.40. The molecule has 0 radical (unpaired) electrons. The Labute approximate surface area is 213 Å². The molecule has 6 nitrogen and oxygen atoms in total. The van der Waals surface area contributed by atoms with Gasteiger partial charge in [-0.15, -0.1) is 0 Å². The Morgan fingerprint density at radius 2 is 1.22 bits per heavy atom. The lowest BCUT2D eigenvalue weighted by molar-refractivity contribution is -0.248. The predicted molar refractivity (Wildman–Crippen MR) is 129 cm³/mol. The molecule has 2 unspecified atom stereocenters. The van der Waals surface area contributed by atoms with E-state index >= 15 is 0 Å². The Morgan fingerprint density at radius 3 is 1.73 bits per heavy atom. The molecule has 2 atom stereocenters. The number of ether oxygens (including phenoxy) is 4. The van der Waals surface area contributed by atoms with E-state index in [4.69, 9.17) is 24.1 Å². The zero-order valence-electron chi connectivity index (χ0n) is 20.1. The Bertz CT molecular complexity index is 1080. The van der Waals surface area contributed by atoms with Gasteiger partial charge in [0.25, 0.3) is 0 Å². The summed E-state index contributed by atoms with van der Waals surface area (Å²) < 4.78 is 64.0. The molecule has 3 aromatic carbocycles. The van der Waals surface area contributed by atoms with E-state index in [1.165, 1.54) is 18.2 Å². The number of aliphatic carboxylic acids is 1. The number of carbonyl (C=O) groups is 1. The fourth-order valence-electron chi connectivity index (χ4n) is 3.70. The van der Waals surface area contributed by atoms with Crippen molar-refractivity contribution in [3.8, 4) is 0 Å². The van der Waals surface area contributed by atoms with Gasteiger partial charge < -0.3 is 24.1 Å². The van der Waals surface area contributed by atoms with Gasteiger partial charge in [0.05, 0.1) is 19.3 Å². The van der Waals surface area contributed by atoms with Crippen molar-refractivity contribution < 1.29 is 42.0 Å². The SMILES string of the molecule is O=C(O)CCC(OCOCc1ccccc1)c1ccccc1C(OCOCc1ccccc1)C(F)(F)F. The van der Waals surface area contributed by atoms with Gasteiger partial charge in [-0.1, -0.05) is 84.9 Å². The number of halogens is 3. The number of hydrogen-bond donors (Lipinski definition) is 1. The predicted octanol–water partition coefficient (Wildman–Crippen LogP) is 6.58. The van der Waals surface area contributed by atoms with Crippen LogP contribution in [-0.4, -0.2) is 30.8 Å². The summed E-state index contributed by atoms with van der Waals surface area (Å²) in [6.07, 6.45) is -8.33. The maximum Gasteiger partial charge on any atom is 0.418 e. The summed E-state index contributed by atoms with van der Waals surface area (Å²) in [7, 11) is 0. The van der Waals surface area contributed by atoms with E-state index < -0.39 is 31.1 Å². The first-order valence-corrected chi connectivity index (χ1v) is 11.7. The van der Waals surface area contributed by atoms with Gasteiger partial charge in [0.1, 0.15) is 13.6 Å². The molecule has 0 saturated carbocycles. The minimum Gasteiger partial charge on any atom is -0.481 e. The van der Waals surface area contributed by atoms with Gasteiger partial charge in [-0.2, -0.15) is 13.2 Å². The van der Waals surface area contributed by atoms with Crippen molar-refractivity contribution in [3.63, 3.8) is 0 Å². The molecule has 1 N–H and O–H groups in total. The highest BCUT2D eigenvalue weighted by molar-refractivity contribution is 5.66. The second-order valence-electron chi connectivity index (χ2n) is 8.21. The van der Waals surface area contributed by atoms with Crippen molar-refractivity contribution in [2.75, 3.05) is 13.6 Å². The summed E-state index contributed by atoms with van der Waals surface area (Å²) in [4.78, 5) is 11.2. The molecule has 37 heavy (non-hydrogen) atoms. The van der Waals surface area contributed by atoms with Crippen LogP contribution in [0.4, 0.5) is 13.2 Å². The van der Waals surface area contributed by atoms with Crippen LogP contribution in [0, 0.1) is 0 Å². The molecular weight excluding hydrogens is 489 g/mol. The molecule has 0 aliphatic rings. The Balaban J connectivity index is 1.71. The van der Waals surface area contributed by atoms with E-state index in [2.05, 4.69) is 0 Å². The van der Waals surface area contributed by atoms with Gasteiger partial charge in [0, 0.05) is 6.42 Å². The Hall–Kier alpha value is -3.24. The molecular formula is C28H29F3O6. The van der Waals surface area contributed by atoms with Gasteiger partial charge in [-0.05, 0) is 28.7 Å². The fourth-order valence-corrected chi connectivity index (χ4v) is 3.70.